The summed E-state index contributed by atoms with van der Waals surface area (Å²) in [6.45, 7) is 3.68. The van der Waals surface area contributed by atoms with Gasteiger partial charge >= 0.3 is 0 Å². The van der Waals surface area contributed by atoms with E-state index in [0.29, 0.717) is 39.9 Å². The van der Waals surface area contributed by atoms with Crippen molar-refractivity contribution < 1.29 is 23.8 Å². The van der Waals surface area contributed by atoms with Crippen molar-refractivity contribution in [3.63, 3.8) is 0 Å². The zero-order valence-electron chi connectivity index (χ0n) is 19.3. The Balaban J connectivity index is 1.43. The van der Waals surface area contributed by atoms with E-state index in [9.17, 15) is 19.2 Å². The van der Waals surface area contributed by atoms with Crippen LogP contribution in [0.2, 0.25) is 0 Å². The van der Waals surface area contributed by atoms with Gasteiger partial charge in [0.15, 0.2) is 12.5 Å². The van der Waals surface area contributed by atoms with Gasteiger partial charge in [-0.2, -0.15) is 0 Å². The number of nitroso groups, excluding NO2 is 1. The molecule has 0 spiro atoms. The molecule has 184 valence electrons. The molecule has 35 heavy (non-hydrogen) atoms. The Hall–Kier alpha value is -3.50. The predicted molar refractivity (Wildman–Crippen MR) is 127 cm³/mol. The lowest BCUT2D eigenvalue weighted by Gasteiger charge is -2.26. The van der Waals surface area contributed by atoms with Crippen molar-refractivity contribution in [2.24, 2.45) is 5.18 Å². The summed E-state index contributed by atoms with van der Waals surface area (Å²) in [6.07, 6.45) is 3.63. The van der Waals surface area contributed by atoms with Gasteiger partial charge in [-0.25, -0.2) is 4.39 Å². The second-order valence-corrected chi connectivity index (χ2v) is 8.90. The van der Waals surface area contributed by atoms with Gasteiger partial charge in [-0.05, 0) is 61.4 Å². The Morgan fingerprint density at radius 2 is 2.00 bits per heavy atom. The molecule has 3 aromatic rings. The highest BCUT2D eigenvalue weighted by Gasteiger charge is 2.23. The van der Waals surface area contributed by atoms with E-state index < -0.39 is 5.82 Å². The molecule has 0 saturated carbocycles. The van der Waals surface area contributed by atoms with E-state index >= 15 is 0 Å². The van der Waals surface area contributed by atoms with E-state index in [4.69, 9.17) is 9.47 Å². The number of fused-ring (bicyclic) bond motifs is 2. The number of hydrogen-bond acceptors (Lipinski definition) is 7. The fraction of sp³-hybridized carbons (Fsp3) is 0.400. The van der Waals surface area contributed by atoms with Crippen molar-refractivity contribution in [1.82, 2.24) is 14.8 Å². The minimum absolute atomic E-state index is 0.0119. The molecule has 0 aliphatic carbocycles. The van der Waals surface area contributed by atoms with Crippen LogP contribution in [0.25, 0.3) is 10.9 Å². The topological polar surface area (TPSA) is 105 Å². The summed E-state index contributed by atoms with van der Waals surface area (Å²) in [4.78, 5) is 26.7. The maximum atomic E-state index is 14.3. The number of benzene rings is 2. The molecule has 9 nitrogen and oxygen atoms in total. The molecule has 5 rings (SSSR count). The third kappa shape index (κ3) is 4.71. The van der Waals surface area contributed by atoms with Crippen molar-refractivity contribution in [2.45, 2.75) is 32.4 Å². The lowest BCUT2D eigenvalue weighted by atomic mass is 10.1. The lowest BCUT2D eigenvalue weighted by molar-refractivity contribution is -0.0173. The first-order valence-electron chi connectivity index (χ1n) is 11.8. The molecule has 0 radical (unpaired) electrons. The predicted octanol–water partition coefficient (Wildman–Crippen LogP) is 4.01. The second kappa shape index (κ2) is 10.0. The Morgan fingerprint density at radius 1 is 1.17 bits per heavy atom. The third-order valence-electron chi connectivity index (χ3n) is 6.61. The minimum atomic E-state index is -0.466. The molecule has 10 heteroatoms. The fourth-order valence-corrected chi connectivity index (χ4v) is 4.87. The SMILES string of the molecule is O=Nc1c(O)n(Cc2cc(F)cc3c2OCOC3)c2cc(C(=O)NCCN3CCCCC3)ccc12. The van der Waals surface area contributed by atoms with Crippen molar-refractivity contribution in [2.75, 3.05) is 33.0 Å². The van der Waals surface area contributed by atoms with Crippen LogP contribution in [-0.4, -0.2) is 53.5 Å². The summed E-state index contributed by atoms with van der Waals surface area (Å²) >= 11 is 0. The molecular formula is C25H27FN4O5. The number of piperidine rings is 1. The molecule has 3 heterocycles. The average Bonchev–Trinajstić information content (AvgIpc) is 3.14. The average molecular weight is 483 g/mol. The molecule has 2 aromatic carbocycles. The van der Waals surface area contributed by atoms with Crippen LogP contribution in [0.15, 0.2) is 35.5 Å². The first-order valence-corrected chi connectivity index (χ1v) is 11.8. The van der Waals surface area contributed by atoms with Crippen LogP contribution in [-0.2, 0) is 17.9 Å². The molecule has 1 aromatic heterocycles. The summed E-state index contributed by atoms with van der Waals surface area (Å²) in [6, 6.07) is 7.46. The van der Waals surface area contributed by atoms with E-state index in [2.05, 4.69) is 15.4 Å². The van der Waals surface area contributed by atoms with Crippen LogP contribution in [0.5, 0.6) is 11.6 Å². The van der Waals surface area contributed by atoms with Crippen molar-refractivity contribution in [1.29, 1.82) is 0 Å². The number of rotatable bonds is 7. The number of amides is 1. The van der Waals surface area contributed by atoms with Crippen LogP contribution in [0.3, 0.4) is 0 Å². The van der Waals surface area contributed by atoms with Gasteiger partial charge in [0, 0.05) is 35.2 Å². The zero-order valence-corrected chi connectivity index (χ0v) is 19.3. The Labute approximate surface area is 201 Å². The van der Waals surface area contributed by atoms with Crippen molar-refractivity contribution in [3.8, 4) is 11.6 Å². The van der Waals surface area contributed by atoms with E-state index in [-0.39, 0.29) is 37.4 Å². The summed E-state index contributed by atoms with van der Waals surface area (Å²) in [5.41, 5.74) is 1.73. The lowest BCUT2D eigenvalue weighted by Crippen LogP contribution is -2.37. The van der Waals surface area contributed by atoms with Gasteiger partial charge in [0.2, 0.25) is 5.88 Å². The largest absolute Gasteiger partial charge is 0.493 e. The number of carbonyl (C=O) groups is 1. The van der Waals surface area contributed by atoms with Gasteiger partial charge in [-0.1, -0.05) is 6.42 Å². The number of ether oxygens (including phenoxy) is 2. The standard InChI is InChI=1S/C25H27FN4O5/c26-19-10-17(23-18(11-19)14-34-15-35-23)13-30-21-12-16(4-5-20(21)22(28-33)25(30)32)24(31)27-6-9-29-7-2-1-3-8-29/h4-5,10-12,32H,1-3,6-9,13-15H2,(H,27,31). The number of aromatic nitrogens is 1. The quantitative estimate of drug-likeness (QED) is 0.493. The molecule has 0 atom stereocenters. The summed E-state index contributed by atoms with van der Waals surface area (Å²) in [5.74, 6) is -0.597. The second-order valence-electron chi connectivity index (χ2n) is 8.90. The normalized spacial score (nSPS) is 16.0. The van der Waals surface area contributed by atoms with Crippen LogP contribution in [0.4, 0.5) is 10.1 Å². The smallest absolute Gasteiger partial charge is 0.251 e. The Kier molecular flexibility index (Phi) is 6.65. The molecule has 2 N–H and O–H groups in total. The van der Waals surface area contributed by atoms with E-state index in [1.54, 1.807) is 18.2 Å². The number of halogens is 1. The molecule has 2 aliphatic rings. The van der Waals surface area contributed by atoms with Crippen LogP contribution < -0.4 is 10.1 Å². The van der Waals surface area contributed by atoms with Gasteiger partial charge in [0.05, 0.1) is 18.7 Å². The number of aromatic hydroxyl groups is 1. The Bertz CT molecular complexity index is 1270. The van der Waals surface area contributed by atoms with Gasteiger partial charge < -0.3 is 29.4 Å². The molecule has 0 unspecified atom stereocenters. The highest BCUT2D eigenvalue weighted by molar-refractivity contribution is 6.02. The highest BCUT2D eigenvalue weighted by Crippen LogP contribution is 2.40. The van der Waals surface area contributed by atoms with Gasteiger partial charge in [-0.15, -0.1) is 4.91 Å². The maximum absolute atomic E-state index is 14.3. The zero-order chi connectivity index (χ0) is 24.4. The van der Waals surface area contributed by atoms with Crippen LogP contribution in [0.1, 0.15) is 40.7 Å². The molecule has 1 amide bonds. The third-order valence-corrected chi connectivity index (χ3v) is 6.61. The van der Waals surface area contributed by atoms with Crippen molar-refractivity contribution >= 4 is 22.5 Å². The summed E-state index contributed by atoms with van der Waals surface area (Å²) < 4.78 is 26.5. The van der Waals surface area contributed by atoms with E-state index in [1.807, 2.05) is 0 Å². The van der Waals surface area contributed by atoms with E-state index in [1.165, 1.54) is 36.0 Å². The number of nitrogens with zero attached hydrogens (tertiary/aromatic N) is 3. The monoisotopic (exact) mass is 482 g/mol. The van der Waals surface area contributed by atoms with Crippen LogP contribution in [0, 0.1) is 10.7 Å². The van der Waals surface area contributed by atoms with Crippen molar-refractivity contribution in [3.05, 3.63) is 57.7 Å². The summed E-state index contributed by atoms with van der Waals surface area (Å²) in [5, 5.41) is 17.1. The molecule has 1 fully saturated rings. The van der Waals surface area contributed by atoms with E-state index in [0.717, 1.165) is 19.6 Å². The molecule has 1 saturated heterocycles. The Morgan fingerprint density at radius 3 is 2.80 bits per heavy atom. The first kappa shape index (κ1) is 23.3. The number of carbonyl (C=O) groups excluding carboxylic acids is 1. The van der Waals surface area contributed by atoms with Gasteiger partial charge in [-0.3, -0.25) is 4.79 Å². The van der Waals surface area contributed by atoms with Gasteiger partial charge in [0.25, 0.3) is 5.91 Å². The maximum Gasteiger partial charge on any atom is 0.251 e. The summed E-state index contributed by atoms with van der Waals surface area (Å²) in [7, 11) is 0. The first-order chi connectivity index (χ1) is 17.0. The number of hydrogen-bond donors (Lipinski definition) is 2. The highest BCUT2D eigenvalue weighted by atomic mass is 19.1. The number of likely N-dealkylation sites (tertiary alicyclic amines) is 1. The minimum Gasteiger partial charge on any atom is -0.493 e. The molecule has 2 aliphatic heterocycles. The van der Waals surface area contributed by atoms with Crippen LogP contribution >= 0.6 is 0 Å². The fourth-order valence-electron chi connectivity index (χ4n) is 4.87. The van der Waals surface area contributed by atoms with Gasteiger partial charge in [0.1, 0.15) is 11.6 Å². The molecular weight excluding hydrogens is 455 g/mol. The number of nitrogens with one attached hydrogen (secondary N) is 1. The molecule has 0 bridgehead atoms.